The van der Waals surface area contributed by atoms with Crippen molar-refractivity contribution in [3.05, 3.63) is 107 Å². The first-order valence-electron chi connectivity index (χ1n) is 10.2. The van der Waals surface area contributed by atoms with Gasteiger partial charge in [0.25, 0.3) is 11.8 Å². The largest absolute Gasteiger partial charge is 0.508 e. The topological polar surface area (TPSA) is 82.0 Å². The van der Waals surface area contributed by atoms with Gasteiger partial charge in [0.15, 0.2) is 0 Å². The number of nitrogens with zero attached hydrogens (tertiary/aromatic N) is 2. The molecule has 4 aromatic rings. The summed E-state index contributed by atoms with van der Waals surface area (Å²) in [5.74, 6) is -0.175. The number of phenolic OH excluding ortho intramolecular Hbond substituents is 1. The van der Waals surface area contributed by atoms with Gasteiger partial charge in [0.05, 0.1) is 18.4 Å². The molecule has 0 aromatic heterocycles. The van der Waals surface area contributed by atoms with Crippen LogP contribution in [0.15, 0.2) is 90.0 Å². The van der Waals surface area contributed by atoms with Crippen LogP contribution in [0.25, 0.3) is 10.8 Å². The Bertz CT molecular complexity index is 1350. The van der Waals surface area contributed by atoms with Crippen LogP contribution in [0.2, 0.25) is 0 Å². The number of benzene rings is 4. The molecule has 156 valence electrons. The Hall–Kier alpha value is -4.45. The minimum Gasteiger partial charge on any atom is -0.508 e. The van der Waals surface area contributed by atoms with E-state index in [0.29, 0.717) is 12.1 Å². The molecule has 0 radical (unpaired) electrons. The van der Waals surface area contributed by atoms with Crippen LogP contribution in [0.4, 0.5) is 5.69 Å². The maximum Gasteiger partial charge on any atom is 0.271 e. The number of amides is 2. The number of aromatic hydroxyl groups is 1. The average molecular weight is 421 g/mol. The van der Waals surface area contributed by atoms with Crippen LogP contribution in [0.5, 0.6) is 5.75 Å². The van der Waals surface area contributed by atoms with Gasteiger partial charge in [-0.25, -0.2) is 5.43 Å². The van der Waals surface area contributed by atoms with E-state index in [4.69, 9.17) is 0 Å². The number of carbonyl (C=O) groups excluding carboxylic acids is 2. The van der Waals surface area contributed by atoms with E-state index in [-0.39, 0.29) is 17.6 Å². The molecule has 0 atom stereocenters. The number of hydrogen-bond donors (Lipinski definition) is 2. The molecule has 0 spiro atoms. The van der Waals surface area contributed by atoms with Crippen molar-refractivity contribution in [2.75, 3.05) is 4.90 Å². The van der Waals surface area contributed by atoms with E-state index in [1.807, 2.05) is 48.5 Å². The Morgan fingerprint density at radius 1 is 0.938 bits per heavy atom. The molecule has 5 rings (SSSR count). The Morgan fingerprint density at radius 2 is 1.66 bits per heavy atom. The fourth-order valence-corrected chi connectivity index (χ4v) is 3.87. The third-order valence-corrected chi connectivity index (χ3v) is 5.48. The highest BCUT2D eigenvalue weighted by Crippen LogP contribution is 2.37. The molecule has 0 unspecified atom stereocenters. The van der Waals surface area contributed by atoms with Gasteiger partial charge in [-0.1, -0.05) is 36.4 Å². The third kappa shape index (κ3) is 3.58. The highest BCUT2D eigenvalue weighted by molar-refractivity contribution is 6.24. The number of hydrazone groups is 1. The maximum atomic E-state index is 12.9. The molecule has 1 aliphatic rings. The summed E-state index contributed by atoms with van der Waals surface area (Å²) in [6.45, 7) is 0.424. The predicted molar refractivity (Wildman–Crippen MR) is 124 cm³/mol. The van der Waals surface area contributed by atoms with Gasteiger partial charge in [-0.15, -0.1) is 0 Å². The summed E-state index contributed by atoms with van der Waals surface area (Å²) in [5, 5.41) is 15.3. The minimum absolute atomic E-state index is 0.0119. The van der Waals surface area contributed by atoms with Gasteiger partial charge in [-0.05, 0) is 65.0 Å². The van der Waals surface area contributed by atoms with Crippen molar-refractivity contribution in [3.63, 3.8) is 0 Å². The second-order valence-corrected chi connectivity index (χ2v) is 7.56. The lowest BCUT2D eigenvalue weighted by Crippen LogP contribution is -2.26. The summed E-state index contributed by atoms with van der Waals surface area (Å²) in [6, 6.07) is 25.3. The van der Waals surface area contributed by atoms with Crippen molar-refractivity contribution in [2.24, 2.45) is 5.10 Å². The molecule has 0 fully saturated rings. The second kappa shape index (κ2) is 8.00. The highest BCUT2D eigenvalue weighted by atomic mass is 16.3. The zero-order valence-electron chi connectivity index (χ0n) is 17.0. The molecule has 1 heterocycles. The van der Waals surface area contributed by atoms with Gasteiger partial charge in [-0.3, -0.25) is 9.59 Å². The summed E-state index contributed by atoms with van der Waals surface area (Å²) >= 11 is 0. The SMILES string of the molecule is O=C(N/N=C/c1ccc(O)cc1)c1ccc(CN2C(=O)c3cccc4cccc2c34)cc1. The van der Waals surface area contributed by atoms with Crippen molar-refractivity contribution in [1.29, 1.82) is 0 Å². The number of phenols is 1. The normalized spacial score (nSPS) is 12.6. The van der Waals surface area contributed by atoms with E-state index >= 15 is 0 Å². The summed E-state index contributed by atoms with van der Waals surface area (Å²) in [7, 11) is 0. The molecule has 1 aliphatic heterocycles. The lowest BCUT2D eigenvalue weighted by molar-refractivity contribution is 0.0953. The molecule has 2 N–H and O–H groups in total. The van der Waals surface area contributed by atoms with Gasteiger partial charge in [0.1, 0.15) is 5.75 Å². The van der Waals surface area contributed by atoms with E-state index in [0.717, 1.165) is 33.2 Å². The van der Waals surface area contributed by atoms with Gasteiger partial charge in [0, 0.05) is 16.5 Å². The van der Waals surface area contributed by atoms with Crippen LogP contribution in [0, 0.1) is 0 Å². The Morgan fingerprint density at radius 3 is 2.41 bits per heavy atom. The van der Waals surface area contributed by atoms with Crippen molar-refractivity contribution in [1.82, 2.24) is 5.43 Å². The fourth-order valence-electron chi connectivity index (χ4n) is 3.87. The van der Waals surface area contributed by atoms with Gasteiger partial charge in [0.2, 0.25) is 0 Å². The standard InChI is InChI=1S/C26H19N3O3/c30-21-13-9-17(10-14-21)15-27-28-25(31)20-11-7-18(8-12-20)16-29-23-6-2-4-19-3-1-5-22(24(19)23)26(29)32/h1-15,30H,16H2,(H,28,31)/b27-15+. The predicted octanol–water partition coefficient (Wildman–Crippen LogP) is 4.47. The molecule has 0 aliphatic carbocycles. The minimum atomic E-state index is -0.332. The van der Waals surface area contributed by atoms with E-state index in [1.165, 1.54) is 6.21 Å². The zero-order valence-corrected chi connectivity index (χ0v) is 17.0. The summed E-state index contributed by atoms with van der Waals surface area (Å²) in [4.78, 5) is 27.1. The van der Waals surface area contributed by atoms with E-state index in [1.54, 1.807) is 41.3 Å². The molecule has 6 nitrogen and oxygen atoms in total. The molecule has 2 amide bonds. The van der Waals surface area contributed by atoms with Gasteiger partial charge < -0.3 is 10.0 Å². The van der Waals surface area contributed by atoms with Crippen LogP contribution in [0.1, 0.15) is 31.8 Å². The Balaban J connectivity index is 1.27. The van der Waals surface area contributed by atoms with Crippen LogP contribution >= 0.6 is 0 Å². The summed E-state index contributed by atoms with van der Waals surface area (Å²) in [6.07, 6.45) is 1.50. The number of rotatable bonds is 5. The lowest BCUT2D eigenvalue weighted by atomic mass is 10.1. The first kappa shape index (κ1) is 19.5. The quantitative estimate of drug-likeness (QED) is 0.368. The smallest absolute Gasteiger partial charge is 0.271 e. The van der Waals surface area contributed by atoms with E-state index < -0.39 is 0 Å². The molecule has 6 heteroatoms. The number of carbonyl (C=O) groups is 2. The molecular formula is C26H19N3O3. The summed E-state index contributed by atoms with van der Waals surface area (Å²) in [5.41, 5.74) is 6.27. The second-order valence-electron chi connectivity index (χ2n) is 7.56. The average Bonchev–Trinajstić information content (AvgIpc) is 3.09. The molecule has 0 bridgehead atoms. The zero-order chi connectivity index (χ0) is 22.1. The van der Waals surface area contributed by atoms with Crippen molar-refractivity contribution >= 4 is 34.5 Å². The molecular weight excluding hydrogens is 402 g/mol. The van der Waals surface area contributed by atoms with Crippen LogP contribution in [-0.2, 0) is 6.54 Å². The van der Waals surface area contributed by atoms with Crippen molar-refractivity contribution < 1.29 is 14.7 Å². The van der Waals surface area contributed by atoms with Crippen molar-refractivity contribution in [2.45, 2.75) is 6.54 Å². The van der Waals surface area contributed by atoms with Gasteiger partial charge >= 0.3 is 0 Å². The summed E-state index contributed by atoms with van der Waals surface area (Å²) < 4.78 is 0. The first-order chi connectivity index (χ1) is 15.6. The van der Waals surface area contributed by atoms with Crippen LogP contribution < -0.4 is 10.3 Å². The lowest BCUT2D eigenvalue weighted by Gasteiger charge is -2.18. The number of nitrogens with one attached hydrogen (secondary N) is 1. The van der Waals surface area contributed by atoms with Crippen LogP contribution in [0.3, 0.4) is 0 Å². The van der Waals surface area contributed by atoms with Crippen molar-refractivity contribution in [3.8, 4) is 5.75 Å². The van der Waals surface area contributed by atoms with Gasteiger partial charge in [-0.2, -0.15) is 5.10 Å². The monoisotopic (exact) mass is 421 g/mol. The maximum absolute atomic E-state index is 12.9. The Labute approximate surface area is 184 Å². The van der Waals surface area contributed by atoms with Crippen LogP contribution in [-0.4, -0.2) is 23.1 Å². The fraction of sp³-hybridized carbons (Fsp3) is 0.0385. The number of hydrogen-bond acceptors (Lipinski definition) is 4. The number of anilines is 1. The van der Waals surface area contributed by atoms with E-state index in [2.05, 4.69) is 10.5 Å². The first-order valence-corrected chi connectivity index (χ1v) is 10.2. The third-order valence-electron chi connectivity index (χ3n) is 5.48. The molecule has 0 saturated heterocycles. The molecule has 4 aromatic carbocycles. The Kier molecular flexibility index (Phi) is 4.88. The van der Waals surface area contributed by atoms with E-state index in [9.17, 15) is 14.7 Å². The highest BCUT2D eigenvalue weighted by Gasteiger charge is 2.29. The molecule has 0 saturated carbocycles. The molecule has 32 heavy (non-hydrogen) atoms.